The Morgan fingerprint density at radius 2 is 2.21 bits per heavy atom. The Morgan fingerprint density at radius 3 is 2.71 bits per heavy atom. The number of hydrazone groups is 1. The minimum absolute atomic E-state index is 0.00605. The average Bonchev–Trinajstić information content (AvgIpc) is 2.07. The summed E-state index contributed by atoms with van der Waals surface area (Å²) in [7, 11) is 0. The molecular formula is C7H8F2N2O3. The average molecular weight is 206 g/mol. The minimum Gasteiger partial charge on any atom is -0.477 e. The highest BCUT2D eigenvalue weighted by atomic mass is 19.3. The third kappa shape index (κ3) is 2.48. The van der Waals surface area contributed by atoms with Crippen LogP contribution < -0.4 is 0 Å². The Bertz CT molecular complexity index is 291. The van der Waals surface area contributed by atoms with E-state index >= 15 is 0 Å². The second-order valence-corrected chi connectivity index (χ2v) is 2.72. The smallest absolute Gasteiger partial charge is 0.352 e. The highest BCUT2D eigenvalue weighted by molar-refractivity contribution is 6.36. The predicted octanol–water partition coefficient (Wildman–Crippen LogP) is 0.315. The lowest BCUT2D eigenvalue weighted by molar-refractivity contribution is -0.134. The third-order valence-corrected chi connectivity index (χ3v) is 1.66. The molecule has 0 fully saturated rings. The number of carboxylic acids is 1. The summed E-state index contributed by atoms with van der Waals surface area (Å²) in [5, 5.41) is 12.4. The van der Waals surface area contributed by atoms with E-state index in [1.54, 1.807) is 0 Å². The van der Waals surface area contributed by atoms with Gasteiger partial charge in [-0.25, -0.2) is 18.6 Å². The molecule has 1 heterocycles. The fraction of sp³-hybridized carbons (Fsp3) is 0.571. The van der Waals surface area contributed by atoms with Gasteiger partial charge in [-0.3, -0.25) is 4.79 Å². The molecule has 0 aliphatic carbocycles. The van der Waals surface area contributed by atoms with E-state index in [1.807, 2.05) is 0 Å². The highest BCUT2D eigenvalue weighted by Crippen LogP contribution is 2.11. The Labute approximate surface area is 78.0 Å². The number of carboxylic acid groups (broad SMARTS) is 1. The number of carbonyl (C=O) groups is 2. The Morgan fingerprint density at radius 1 is 1.57 bits per heavy atom. The van der Waals surface area contributed by atoms with Crippen LogP contribution >= 0.6 is 0 Å². The molecule has 0 spiro atoms. The number of aliphatic carboxylic acids is 1. The van der Waals surface area contributed by atoms with Crippen LogP contribution in [0.1, 0.15) is 12.8 Å². The molecule has 0 saturated carbocycles. The zero-order valence-electron chi connectivity index (χ0n) is 7.11. The molecule has 1 aliphatic heterocycles. The number of amides is 1. The van der Waals surface area contributed by atoms with Crippen molar-refractivity contribution in [2.75, 3.05) is 6.54 Å². The third-order valence-electron chi connectivity index (χ3n) is 1.66. The largest absolute Gasteiger partial charge is 0.477 e. The predicted molar refractivity (Wildman–Crippen MR) is 42.0 cm³/mol. The van der Waals surface area contributed by atoms with Crippen LogP contribution in [0.3, 0.4) is 0 Å². The van der Waals surface area contributed by atoms with Crippen molar-refractivity contribution in [3.05, 3.63) is 0 Å². The molecule has 78 valence electrons. The summed E-state index contributed by atoms with van der Waals surface area (Å²) in [4.78, 5) is 21.4. The van der Waals surface area contributed by atoms with Crippen molar-refractivity contribution in [3.63, 3.8) is 0 Å². The van der Waals surface area contributed by atoms with Crippen molar-refractivity contribution >= 4 is 17.6 Å². The van der Waals surface area contributed by atoms with E-state index in [0.29, 0.717) is 5.01 Å². The number of hydrogen-bond donors (Lipinski definition) is 1. The lowest BCUT2D eigenvalue weighted by atomic mass is 10.2. The number of halogens is 2. The normalized spacial score (nSPS) is 17.2. The van der Waals surface area contributed by atoms with Gasteiger partial charge >= 0.3 is 5.97 Å². The maximum Gasteiger partial charge on any atom is 0.352 e. The van der Waals surface area contributed by atoms with Gasteiger partial charge in [0.25, 0.3) is 6.43 Å². The zero-order chi connectivity index (χ0) is 10.7. The van der Waals surface area contributed by atoms with Crippen LogP contribution in [0.2, 0.25) is 0 Å². The Hall–Kier alpha value is -1.53. The maximum absolute atomic E-state index is 11.9. The van der Waals surface area contributed by atoms with Crippen LogP contribution in [0.25, 0.3) is 0 Å². The van der Waals surface area contributed by atoms with Crippen LogP contribution in [0.5, 0.6) is 0 Å². The fourth-order valence-electron chi connectivity index (χ4n) is 1.03. The van der Waals surface area contributed by atoms with E-state index in [1.165, 1.54) is 0 Å². The van der Waals surface area contributed by atoms with Gasteiger partial charge in [0, 0.05) is 12.8 Å². The van der Waals surface area contributed by atoms with Crippen molar-refractivity contribution in [3.8, 4) is 0 Å². The molecule has 0 unspecified atom stereocenters. The summed E-state index contributed by atoms with van der Waals surface area (Å²) < 4.78 is 23.8. The fourth-order valence-corrected chi connectivity index (χ4v) is 1.03. The van der Waals surface area contributed by atoms with E-state index in [4.69, 9.17) is 5.11 Å². The molecular weight excluding hydrogens is 198 g/mol. The quantitative estimate of drug-likeness (QED) is 0.722. The molecule has 0 aromatic heterocycles. The number of rotatable bonds is 3. The molecule has 0 aromatic carbocycles. The molecule has 0 bridgehead atoms. The van der Waals surface area contributed by atoms with Gasteiger partial charge in [-0.05, 0) is 0 Å². The maximum atomic E-state index is 11.9. The molecule has 0 saturated heterocycles. The van der Waals surface area contributed by atoms with Gasteiger partial charge in [0.15, 0.2) is 0 Å². The molecule has 14 heavy (non-hydrogen) atoms. The SMILES string of the molecule is O=C(O)C1=NN(CC(F)F)C(=O)CC1. The second kappa shape index (κ2) is 4.12. The van der Waals surface area contributed by atoms with Crippen LogP contribution in [-0.2, 0) is 9.59 Å². The summed E-state index contributed by atoms with van der Waals surface area (Å²) in [6.45, 7) is -0.852. The van der Waals surface area contributed by atoms with Crippen LogP contribution in [-0.4, -0.2) is 40.7 Å². The first-order valence-electron chi connectivity index (χ1n) is 3.90. The Kier molecular flexibility index (Phi) is 3.10. The molecule has 0 radical (unpaired) electrons. The highest BCUT2D eigenvalue weighted by Gasteiger charge is 2.25. The van der Waals surface area contributed by atoms with Gasteiger partial charge < -0.3 is 5.11 Å². The lowest BCUT2D eigenvalue weighted by Gasteiger charge is -2.21. The van der Waals surface area contributed by atoms with Crippen molar-refractivity contribution in [1.29, 1.82) is 0 Å². The summed E-state index contributed by atoms with van der Waals surface area (Å²) in [5.41, 5.74) is -0.259. The number of carbonyl (C=O) groups excluding carboxylic acids is 1. The van der Waals surface area contributed by atoms with E-state index in [9.17, 15) is 18.4 Å². The van der Waals surface area contributed by atoms with Crippen LogP contribution in [0.4, 0.5) is 8.78 Å². The molecule has 0 atom stereocenters. The van der Waals surface area contributed by atoms with Crippen molar-refractivity contribution in [2.24, 2.45) is 5.10 Å². The van der Waals surface area contributed by atoms with Gasteiger partial charge in [-0.15, -0.1) is 0 Å². The van der Waals surface area contributed by atoms with Crippen LogP contribution in [0.15, 0.2) is 5.10 Å². The molecule has 1 amide bonds. The van der Waals surface area contributed by atoms with Gasteiger partial charge in [0.2, 0.25) is 5.91 Å². The lowest BCUT2D eigenvalue weighted by Crippen LogP contribution is -2.37. The number of hydrogen-bond acceptors (Lipinski definition) is 3. The van der Waals surface area contributed by atoms with Crippen LogP contribution in [0, 0.1) is 0 Å². The van der Waals surface area contributed by atoms with E-state index < -0.39 is 24.8 Å². The summed E-state index contributed by atoms with van der Waals surface area (Å²) in [5.74, 6) is -1.85. The number of alkyl halides is 2. The van der Waals surface area contributed by atoms with E-state index in [0.717, 1.165) is 0 Å². The molecule has 0 aromatic rings. The first-order chi connectivity index (χ1) is 6.50. The van der Waals surface area contributed by atoms with Crippen molar-refractivity contribution < 1.29 is 23.5 Å². The molecule has 1 aliphatic rings. The van der Waals surface area contributed by atoms with Gasteiger partial charge in [-0.1, -0.05) is 0 Å². The number of nitrogens with zero attached hydrogens (tertiary/aromatic N) is 2. The first-order valence-corrected chi connectivity index (χ1v) is 3.90. The van der Waals surface area contributed by atoms with E-state index in [-0.39, 0.29) is 18.6 Å². The zero-order valence-corrected chi connectivity index (χ0v) is 7.11. The second-order valence-electron chi connectivity index (χ2n) is 2.72. The van der Waals surface area contributed by atoms with Crippen molar-refractivity contribution in [1.82, 2.24) is 5.01 Å². The molecule has 1 rings (SSSR count). The Balaban J connectivity index is 2.75. The van der Waals surface area contributed by atoms with Gasteiger partial charge in [0.05, 0.1) is 0 Å². The van der Waals surface area contributed by atoms with Gasteiger partial charge in [-0.2, -0.15) is 5.10 Å². The van der Waals surface area contributed by atoms with E-state index in [2.05, 4.69) is 5.10 Å². The standard InChI is InChI=1S/C7H8F2N2O3/c8-5(9)3-11-6(12)2-1-4(10-11)7(13)14/h5H,1-3H2,(H,13,14). The summed E-state index contributed by atoms with van der Waals surface area (Å²) in [6, 6.07) is 0. The summed E-state index contributed by atoms with van der Waals surface area (Å²) in [6.07, 6.45) is -2.80. The monoisotopic (exact) mass is 206 g/mol. The van der Waals surface area contributed by atoms with Crippen molar-refractivity contribution in [2.45, 2.75) is 19.3 Å². The summed E-state index contributed by atoms with van der Waals surface area (Å²) >= 11 is 0. The minimum atomic E-state index is -2.71. The topological polar surface area (TPSA) is 70.0 Å². The van der Waals surface area contributed by atoms with Gasteiger partial charge in [0.1, 0.15) is 12.3 Å². The molecule has 7 heteroatoms. The molecule has 5 nitrogen and oxygen atoms in total. The molecule has 1 N–H and O–H groups in total. The first kappa shape index (κ1) is 10.6.